The Labute approximate surface area is 122 Å². The lowest BCUT2D eigenvalue weighted by molar-refractivity contribution is -0.129. The van der Waals surface area contributed by atoms with Gasteiger partial charge < -0.3 is 9.47 Å². The van der Waals surface area contributed by atoms with Crippen molar-refractivity contribution in [1.29, 1.82) is 0 Å². The van der Waals surface area contributed by atoms with Crippen LogP contribution in [0.25, 0.3) is 0 Å². The third-order valence-corrected chi connectivity index (χ3v) is 4.86. The van der Waals surface area contributed by atoms with Crippen molar-refractivity contribution >= 4 is 17.7 Å². The van der Waals surface area contributed by atoms with Crippen LogP contribution in [0, 0.1) is 0 Å². The van der Waals surface area contributed by atoms with Crippen LogP contribution in [-0.2, 0) is 4.79 Å². The molecule has 0 aromatic carbocycles. The quantitative estimate of drug-likeness (QED) is 0.626. The van der Waals surface area contributed by atoms with Crippen molar-refractivity contribution in [1.82, 2.24) is 14.5 Å². The van der Waals surface area contributed by atoms with Crippen molar-refractivity contribution in [3.05, 3.63) is 22.6 Å². The average Bonchev–Trinajstić information content (AvgIpc) is 3.12. The van der Waals surface area contributed by atoms with Crippen LogP contribution in [0.2, 0.25) is 0 Å². The second-order valence-corrected chi connectivity index (χ2v) is 6.79. The summed E-state index contributed by atoms with van der Waals surface area (Å²) in [4.78, 5) is 29.8. The SMILES string of the molecule is C[C@@H](Sc1nc(=O)ccn1C1CC1)C(=O)N1CCCC1. The summed E-state index contributed by atoms with van der Waals surface area (Å²) in [5.74, 6) is 0.160. The second kappa shape index (κ2) is 5.60. The molecule has 3 rings (SSSR count). The lowest BCUT2D eigenvalue weighted by Gasteiger charge is -2.20. The molecule has 1 amide bonds. The van der Waals surface area contributed by atoms with Gasteiger partial charge in [-0.1, -0.05) is 11.8 Å². The van der Waals surface area contributed by atoms with Gasteiger partial charge >= 0.3 is 0 Å². The van der Waals surface area contributed by atoms with Gasteiger partial charge in [0.05, 0.1) is 5.25 Å². The van der Waals surface area contributed by atoms with Gasteiger partial charge in [-0.05, 0) is 32.6 Å². The molecule has 0 unspecified atom stereocenters. The molecule has 6 heteroatoms. The van der Waals surface area contributed by atoms with E-state index in [-0.39, 0.29) is 16.7 Å². The Morgan fingerprint density at radius 2 is 2.10 bits per heavy atom. The maximum atomic E-state index is 12.3. The Morgan fingerprint density at radius 1 is 1.40 bits per heavy atom. The summed E-state index contributed by atoms with van der Waals surface area (Å²) in [6, 6.07) is 1.95. The van der Waals surface area contributed by atoms with Crippen molar-refractivity contribution in [3.8, 4) is 0 Å². The van der Waals surface area contributed by atoms with Crippen LogP contribution in [0.5, 0.6) is 0 Å². The summed E-state index contributed by atoms with van der Waals surface area (Å²) in [6.45, 7) is 3.63. The lowest BCUT2D eigenvalue weighted by atomic mass is 10.4. The number of hydrogen-bond acceptors (Lipinski definition) is 4. The molecule has 2 aliphatic rings. The molecule has 2 fully saturated rings. The number of carbonyl (C=O) groups excluding carboxylic acids is 1. The molecular formula is C14H19N3O2S. The molecule has 0 N–H and O–H groups in total. The van der Waals surface area contributed by atoms with Crippen molar-refractivity contribution < 1.29 is 4.79 Å². The van der Waals surface area contributed by atoms with E-state index >= 15 is 0 Å². The van der Waals surface area contributed by atoms with E-state index in [0.29, 0.717) is 11.2 Å². The second-order valence-electron chi connectivity index (χ2n) is 5.48. The molecule has 1 aliphatic carbocycles. The number of aromatic nitrogens is 2. The molecule has 108 valence electrons. The molecule has 1 saturated carbocycles. The third-order valence-electron chi connectivity index (χ3n) is 3.79. The highest BCUT2D eigenvalue weighted by molar-refractivity contribution is 8.00. The predicted octanol–water partition coefficient (Wildman–Crippen LogP) is 1.68. The van der Waals surface area contributed by atoms with Crippen molar-refractivity contribution in [2.75, 3.05) is 13.1 Å². The van der Waals surface area contributed by atoms with Gasteiger partial charge in [0.25, 0.3) is 5.56 Å². The third kappa shape index (κ3) is 2.90. The monoisotopic (exact) mass is 293 g/mol. The number of thioether (sulfide) groups is 1. The number of rotatable bonds is 4. The Morgan fingerprint density at radius 3 is 2.75 bits per heavy atom. The fraction of sp³-hybridized carbons (Fsp3) is 0.643. The van der Waals surface area contributed by atoms with Gasteiger partial charge in [-0.3, -0.25) is 9.59 Å². The molecule has 1 aromatic rings. The molecular weight excluding hydrogens is 274 g/mol. The first-order valence-electron chi connectivity index (χ1n) is 7.20. The summed E-state index contributed by atoms with van der Waals surface area (Å²) < 4.78 is 2.04. The van der Waals surface area contributed by atoms with Gasteiger partial charge in [0, 0.05) is 31.4 Å². The standard InChI is InChI=1S/C14H19N3O2S/c1-10(13(19)16-7-2-3-8-16)20-14-15-12(18)6-9-17(14)11-4-5-11/h6,9-11H,2-5,7-8H2,1H3/t10-/m1/s1. The van der Waals surface area contributed by atoms with E-state index in [1.54, 1.807) is 0 Å². The molecule has 20 heavy (non-hydrogen) atoms. The highest BCUT2D eigenvalue weighted by atomic mass is 32.2. The summed E-state index contributed by atoms with van der Waals surface area (Å²) >= 11 is 1.41. The first-order chi connectivity index (χ1) is 9.65. The van der Waals surface area contributed by atoms with Crippen LogP contribution in [0.4, 0.5) is 0 Å². The highest BCUT2D eigenvalue weighted by Gasteiger charge is 2.29. The molecule has 1 saturated heterocycles. The van der Waals surface area contributed by atoms with Gasteiger partial charge in [0.2, 0.25) is 5.91 Å². The first kappa shape index (κ1) is 13.7. The Hall–Kier alpha value is -1.30. The minimum Gasteiger partial charge on any atom is -0.342 e. The predicted molar refractivity (Wildman–Crippen MR) is 77.9 cm³/mol. The number of amides is 1. The largest absolute Gasteiger partial charge is 0.342 e. The van der Waals surface area contributed by atoms with E-state index in [1.165, 1.54) is 17.8 Å². The summed E-state index contributed by atoms with van der Waals surface area (Å²) in [7, 11) is 0. The van der Waals surface area contributed by atoms with E-state index in [4.69, 9.17) is 0 Å². The number of carbonyl (C=O) groups is 1. The fourth-order valence-electron chi connectivity index (χ4n) is 2.52. The maximum Gasteiger partial charge on any atom is 0.273 e. The van der Waals surface area contributed by atoms with E-state index in [1.807, 2.05) is 22.6 Å². The minimum atomic E-state index is -0.231. The maximum absolute atomic E-state index is 12.3. The lowest BCUT2D eigenvalue weighted by Crippen LogP contribution is -2.34. The van der Waals surface area contributed by atoms with E-state index in [2.05, 4.69) is 4.98 Å². The molecule has 2 heterocycles. The molecule has 1 aromatic heterocycles. The zero-order valence-electron chi connectivity index (χ0n) is 11.6. The molecule has 1 aliphatic heterocycles. The van der Waals surface area contributed by atoms with Crippen molar-refractivity contribution in [2.24, 2.45) is 0 Å². The van der Waals surface area contributed by atoms with Gasteiger partial charge in [-0.2, -0.15) is 4.98 Å². The average molecular weight is 293 g/mol. The zero-order valence-corrected chi connectivity index (χ0v) is 12.4. The van der Waals surface area contributed by atoms with E-state index in [9.17, 15) is 9.59 Å². The molecule has 0 spiro atoms. The fourth-order valence-corrected chi connectivity index (χ4v) is 3.56. The number of nitrogens with zero attached hydrogens (tertiary/aromatic N) is 3. The van der Waals surface area contributed by atoms with E-state index in [0.717, 1.165) is 38.8 Å². The van der Waals surface area contributed by atoms with Gasteiger partial charge in [-0.15, -0.1) is 0 Å². The van der Waals surface area contributed by atoms with Crippen LogP contribution in [-0.4, -0.2) is 38.7 Å². The summed E-state index contributed by atoms with van der Waals surface area (Å²) in [6.07, 6.45) is 6.26. The summed E-state index contributed by atoms with van der Waals surface area (Å²) in [5, 5.41) is 0.493. The van der Waals surface area contributed by atoms with Crippen LogP contribution in [0.1, 0.15) is 38.6 Å². The van der Waals surface area contributed by atoms with Crippen LogP contribution >= 0.6 is 11.8 Å². The van der Waals surface area contributed by atoms with Gasteiger partial charge in [0.15, 0.2) is 5.16 Å². The zero-order chi connectivity index (χ0) is 14.1. The number of likely N-dealkylation sites (tertiary alicyclic amines) is 1. The van der Waals surface area contributed by atoms with Crippen LogP contribution < -0.4 is 5.56 Å². The highest BCUT2D eigenvalue weighted by Crippen LogP contribution is 2.37. The van der Waals surface area contributed by atoms with Crippen LogP contribution in [0.15, 0.2) is 22.2 Å². The van der Waals surface area contributed by atoms with Gasteiger partial charge in [-0.25, -0.2) is 0 Å². The summed E-state index contributed by atoms with van der Waals surface area (Å²) in [5.41, 5.74) is -0.231. The Bertz CT molecular complexity index is 562. The Kier molecular flexibility index (Phi) is 3.83. The Balaban J connectivity index is 1.74. The van der Waals surface area contributed by atoms with Crippen molar-refractivity contribution in [3.63, 3.8) is 0 Å². The molecule has 1 atom stereocenters. The van der Waals surface area contributed by atoms with Gasteiger partial charge in [0.1, 0.15) is 0 Å². The number of hydrogen-bond donors (Lipinski definition) is 0. The van der Waals surface area contributed by atoms with Crippen molar-refractivity contribution in [2.45, 2.75) is 49.1 Å². The normalized spacial score (nSPS) is 20.1. The first-order valence-corrected chi connectivity index (χ1v) is 8.08. The topological polar surface area (TPSA) is 55.2 Å². The molecule has 5 nitrogen and oxygen atoms in total. The molecule has 0 bridgehead atoms. The van der Waals surface area contributed by atoms with E-state index < -0.39 is 0 Å². The van der Waals surface area contributed by atoms with Crippen LogP contribution in [0.3, 0.4) is 0 Å². The smallest absolute Gasteiger partial charge is 0.273 e. The molecule has 0 radical (unpaired) electrons. The minimum absolute atomic E-state index is 0.160.